The normalized spacial score (nSPS) is 14.3. The van der Waals surface area contributed by atoms with Crippen LogP contribution in [0.15, 0.2) is 35.3 Å². The van der Waals surface area contributed by atoms with Crippen LogP contribution in [0.3, 0.4) is 0 Å². The monoisotopic (exact) mass is 293 g/mol. The van der Waals surface area contributed by atoms with Gasteiger partial charge in [0.05, 0.1) is 11.3 Å². The van der Waals surface area contributed by atoms with E-state index in [0.717, 1.165) is 0 Å². The second kappa shape index (κ2) is 6.39. The SMILES string of the molecule is CSCC(C)(O)CNCc1cc(=O)n2ccccc2n1. The predicted octanol–water partition coefficient (Wildman–Crippen LogP) is 0.898. The first kappa shape index (κ1) is 15.0. The Labute approximate surface area is 122 Å². The third-order valence-electron chi connectivity index (χ3n) is 2.89. The lowest BCUT2D eigenvalue weighted by Crippen LogP contribution is -2.39. The smallest absolute Gasteiger partial charge is 0.258 e. The van der Waals surface area contributed by atoms with Crippen molar-refractivity contribution in [1.29, 1.82) is 0 Å². The quantitative estimate of drug-likeness (QED) is 0.828. The lowest BCUT2D eigenvalue weighted by Gasteiger charge is -2.22. The van der Waals surface area contributed by atoms with E-state index in [1.807, 2.05) is 12.3 Å². The van der Waals surface area contributed by atoms with E-state index in [4.69, 9.17) is 0 Å². The average Bonchev–Trinajstić information content (AvgIpc) is 2.38. The number of hydrogen-bond acceptors (Lipinski definition) is 5. The van der Waals surface area contributed by atoms with E-state index < -0.39 is 5.60 Å². The lowest BCUT2D eigenvalue weighted by molar-refractivity contribution is 0.0845. The number of thioether (sulfide) groups is 1. The van der Waals surface area contributed by atoms with E-state index in [1.165, 1.54) is 10.5 Å². The number of aromatic nitrogens is 2. The van der Waals surface area contributed by atoms with Crippen LogP contribution < -0.4 is 10.9 Å². The minimum atomic E-state index is -0.759. The molecule has 0 saturated carbocycles. The van der Waals surface area contributed by atoms with Crippen molar-refractivity contribution in [2.75, 3.05) is 18.6 Å². The second-order valence-corrected chi connectivity index (χ2v) is 5.91. The summed E-state index contributed by atoms with van der Waals surface area (Å²) in [5, 5.41) is 13.2. The Bertz CT molecular complexity index is 640. The molecule has 0 amide bonds. The first-order chi connectivity index (χ1) is 9.52. The van der Waals surface area contributed by atoms with Gasteiger partial charge in [0.1, 0.15) is 5.65 Å². The zero-order valence-electron chi connectivity index (χ0n) is 11.7. The van der Waals surface area contributed by atoms with Crippen LogP contribution in [0.4, 0.5) is 0 Å². The highest BCUT2D eigenvalue weighted by Crippen LogP contribution is 2.09. The number of hydrogen-bond donors (Lipinski definition) is 2. The minimum absolute atomic E-state index is 0.0942. The molecule has 0 spiro atoms. The zero-order valence-corrected chi connectivity index (χ0v) is 12.5. The molecule has 0 radical (unpaired) electrons. The van der Waals surface area contributed by atoms with E-state index in [1.54, 1.807) is 37.0 Å². The fourth-order valence-electron chi connectivity index (χ4n) is 2.02. The fraction of sp³-hybridized carbons (Fsp3) is 0.429. The van der Waals surface area contributed by atoms with Gasteiger partial charge in [-0.1, -0.05) is 6.07 Å². The fourth-order valence-corrected chi connectivity index (χ4v) is 2.74. The van der Waals surface area contributed by atoms with Crippen molar-refractivity contribution >= 4 is 17.4 Å². The number of fused-ring (bicyclic) bond motifs is 1. The van der Waals surface area contributed by atoms with E-state index in [-0.39, 0.29) is 5.56 Å². The summed E-state index contributed by atoms with van der Waals surface area (Å²) in [4.78, 5) is 16.3. The molecule has 0 aromatic carbocycles. The standard InChI is InChI=1S/C14H19N3O2S/c1-14(19,10-20-2)9-15-8-11-7-13(18)17-6-4-3-5-12(17)16-11/h3-7,15,19H,8-10H2,1-2H3. The third-order valence-corrected chi connectivity index (χ3v) is 3.80. The molecule has 1 unspecified atom stereocenters. The summed E-state index contributed by atoms with van der Waals surface area (Å²) >= 11 is 1.60. The van der Waals surface area contributed by atoms with Gasteiger partial charge in [-0.15, -0.1) is 0 Å². The summed E-state index contributed by atoms with van der Waals surface area (Å²) < 4.78 is 1.51. The number of aliphatic hydroxyl groups is 1. The van der Waals surface area contributed by atoms with Crippen molar-refractivity contribution in [2.24, 2.45) is 0 Å². The maximum absolute atomic E-state index is 11.9. The highest BCUT2D eigenvalue weighted by atomic mass is 32.2. The summed E-state index contributed by atoms with van der Waals surface area (Å²) in [6.07, 6.45) is 3.66. The summed E-state index contributed by atoms with van der Waals surface area (Å²) in [6.45, 7) is 2.72. The molecule has 0 fully saturated rings. The average molecular weight is 293 g/mol. The molecule has 0 aliphatic rings. The van der Waals surface area contributed by atoms with Crippen molar-refractivity contribution in [1.82, 2.24) is 14.7 Å². The molecule has 6 heteroatoms. The highest BCUT2D eigenvalue weighted by molar-refractivity contribution is 7.98. The second-order valence-electron chi connectivity index (χ2n) is 5.05. The van der Waals surface area contributed by atoms with Crippen molar-refractivity contribution in [3.05, 3.63) is 46.5 Å². The van der Waals surface area contributed by atoms with Gasteiger partial charge in [0.15, 0.2) is 0 Å². The molecule has 2 aromatic heterocycles. The van der Waals surface area contributed by atoms with Crippen LogP contribution in [-0.4, -0.2) is 38.6 Å². The van der Waals surface area contributed by atoms with Gasteiger partial charge in [-0.05, 0) is 25.3 Å². The number of rotatable bonds is 6. The molecule has 0 aliphatic heterocycles. The first-order valence-electron chi connectivity index (χ1n) is 6.41. The number of nitrogens with zero attached hydrogens (tertiary/aromatic N) is 2. The molecule has 2 heterocycles. The summed E-state index contributed by atoms with van der Waals surface area (Å²) in [5.74, 6) is 0.661. The van der Waals surface area contributed by atoms with Crippen molar-refractivity contribution < 1.29 is 5.11 Å². The van der Waals surface area contributed by atoms with Crippen LogP contribution in [0, 0.1) is 0 Å². The molecule has 0 saturated heterocycles. The lowest BCUT2D eigenvalue weighted by atomic mass is 10.1. The van der Waals surface area contributed by atoms with Crippen molar-refractivity contribution in [3.8, 4) is 0 Å². The Hall–Kier alpha value is -1.37. The Morgan fingerprint density at radius 3 is 3.05 bits per heavy atom. The predicted molar refractivity (Wildman–Crippen MR) is 82.2 cm³/mol. The van der Waals surface area contributed by atoms with Crippen LogP contribution >= 0.6 is 11.8 Å². The zero-order chi connectivity index (χ0) is 14.6. The van der Waals surface area contributed by atoms with Gasteiger partial charge < -0.3 is 10.4 Å². The Morgan fingerprint density at radius 2 is 2.30 bits per heavy atom. The van der Waals surface area contributed by atoms with Gasteiger partial charge in [0, 0.05) is 31.1 Å². The topological polar surface area (TPSA) is 66.6 Å². The summed E-state index contributed by atoms with van der Waals surface area (Å²) in [6, 6.07) is 6.97. The Balaban J connectivity index is 2.06. The molecule has 5 nitrogen and oxygen atoms in total. The molecule has 20 heavy (non-hydrogen) atoms. The van der Waals surface area contributed by atoms with Crippen molar-refractivity contribution in [3.63, 3.8) is 0 Å². The maximum atomic E-state index is 11.9. The maximum Gasteiger partial charge on any atom is 0.258 e. The molecule has 1 atom stereocenters. The molecular weight excluding hydrogens is 274 g/mol. The van der Waals surface area contributed by atoms with E-state index in [0.29, 0.717) is 30.2 Å². The molecule has 108 valence electrons. The Kier molecular flexibility index (Phi) is 4.80. The van der Waals surface area contributed by atoms with Gasteiger partial charge in [0.25, 0.3) is 5.56 Å². The number of nitrogens with one attached hydrogen (secondary N) is 1. The highest BCUT2D eigenvalue weighted by Gasteiger charge is 2.18. The third kappa shape index (κ3) is 3.82. The van der Waals surface area contributed by atoms with Gasteiger partial charge in [0.2, 0.25) is 0 Å². The van der Waals surface area contributed by atoms with Gasteiger partial charge >= 0.3 is 0 Å². The minimum Gasteiger partial charge on any atom is -0.388 e. The molecule has 2 aromatic rings. The number of pyridine rings is 1. The molecule has 0 aliphatic carbocycles. The van der Waals surface area contributed by atoms with Gasteiger partial charge in [-0.25, -0.2) is 4.98 Å². The molecule has 2 rings (SSSR count). The van der Waals surface area contributed by atoms with Crippen LogP contribution in [0.1, 0.15) is 12.6 Å². The Morgan fingerprint density at radius 1 is 1.50 bits per heavy atom. The van der Waals surface area contributed by atoms with Crippen LogP contribution in [0.25, 0.3) is 5.65 Å². The molecule has 0 bridgehead atoms. The van der Waals surface area contributed by atoms with Crippen LogP contribution in [0.5, 0.6) is 0 Å². The van der Waals surface area contributed by atoms with E-state index in [2.05, 4.69) is 10.3 Å². The summed E-state index contributed by atoms with van der Waals surface area (Å²) in [5.41, 5.74) is 0.461. The van der Waals surface area contributed by atoms with E-state index in [9.17, 15) is 9.90 Å². The largest absolute Gasteiger partial charge is 0.388 e. The molecular formula is C14H19N3O2S. The van der Waals surface area contributed by atoms with Gasteiger partial charge in [-0.3, -0.25) is 9.20 Å². The molecule has 2 N–H and O–H groups in total. The van der Waals surface area contributed by atoms with Gasteiger partial charge in [-0.2, -0.15) is 11.8 Å². The van der Waals surface area contributed by atoms with Crippen molar-refractivity contribution in [2.45, 2.75) is 19.1 Å². The van der Waals surface area contributed by atoms with Crippen LogP contribution in [-0.2, 0) is 6.54 Å². The summed E-state index contributed by atoms with van der Waals surface area (Å²) in [7, 11) is 0. The van der Waals surface area contributed by atoms with E-state index >= 15 is 0 Å². The van der Waals surface area contributed by atoms with Crippen LogP contribution in [0.2, 0.25) is 0 Å². The first-order valence-corrected chi connectivity index (χ1v) is 7.80.